The zero-order chi connectivity index (χ0) is 19.9. The lowest BCUT2D eigenvalue weighted by molar-refractivity contribution is 0.597. The predicted octanol–water partition coefficient (Wildman–Crippen LogP) is 4.85. The average Bonchev–Trinajstić information content (AvgIpc) is 3.09. The fourth-order valence-corrected chi connectivity index (χ4v) is 5.15. The van der Waals surface area contributed by atoms with E-state index in [9.17, 15) is 17.6 Å². The van der Waals surface area contributed by atoms with Crippen molar-refractivity contribution in [3.05, 3.63) is 82.0 Å². The first-order valence-corrected chi connectivity index (χ1v) is 10.7. The van der Waals surface area contributed by atoms with Crippen LogP contribution < -0.4 is 10.3 Å². The minimum absolute atomic E-state index is 0.0412. The Kier molecular flexibility index (Phi) is 4.70. The quantitative estimate of drug-likeness (QED) is 0.482. The minimum atomic E-state index is -4.33. The summed E-state index contributed by atoms with van der Waals surface area (Å²) < 4.78 is 42.6. The summed E-state index contributed by atoms with van der Waals surface area (Å²) in [7, 11) is -4.33. The van der Waals surface area contributed by atoms with Crippen LogP contribution in [0.3, 0.4) is 0 Å². The van der Waals surface area contributed by atoms with Crippen molar-refractivity contribution in [1.82, 2.24) is 4.98 Å². The molecule has 5 nitrogen and oxygen atoms in total. The number of aromatic nitrogens is 1. The number of anilines is 1. The Balaban J connectivity index is 1.75. The van der Waals surface area contributed by atoms with Crippen molar-refractivity contribution in [3.63, 3.8) is 0 Å². The third-order valence-electron chi connectivity index (χ3n) is 4.04. The van der Waals surface area contributed by atoms with Crippen molar-refractivity contribution >= 4 is 48.7 Å². The Bertz CT molecular complexity index is 1330. The van der Waals surface area contributed by atoms with Crippen molar-refractivity contribution in [3.8, 4) is 10.4 Å². The van der Waals surface area contributed by atoms with Gasteiger partial charge >= 0.3 is 0 Å². The molecule has 0 unspecified atom stereocenters. The zero-order valence-corrected chi connectivity index (χ0v) is 16.5. The number of thiophene rings is 1. The number of fused-ring (bicyclic) bond motifs is 1. The maximum atomic E-state index is 14.3. The van der Waals surface area contributed by atoms with Gasteiger partial charge in [0.1, 0.15) is 5.82 Å². The standard InChI is InChI=1S/C19H12ClFN2O3S2/c20-13-9-18(19(24)22-10-13)28(25,26)23-15-7-12(5-6-14(15)21)17-8-11-3-1-2-4-16(11)27-17/h1-10,23H,(H,22,24). The van der Waals surface area contributed by atoms with Gasteiger partial charge in [-0.05, 0) is 41.3 Å². The zero-order valence-electron chi connectivity index (χ0n) is 14.1. The summed E-state index contributed by atoms with van der Waals surface area (Å²) in [6.07, 6.45) is 1.17. The van der Waals surface area contributed by atoms with Crippen molar-refractivity contribution in [2.45, 2.75) is 4.90 Å². The molecule has 0 bridgehead atoms. The van der Waals surface area contributed by atoms with Crippen molar-refractivity contribution in [1.29, 1.82) is 0 Å². The summed E-state index contributed by atoms with van der Waals surface area (Å²) >= 11 is 7.28. The van der Waals surface area contributed by atoms with Crippen LogP contribution in [0.5, 0.6) is 0 Å². The number of hydrogen-bond donors (Lipinski definition) is 2. The number of halogens is 2. The van der Waals surface area contributed by atoms with Crippen molar-refractivity contribution in [2.24, 2.45) is 0 Å². The molecule has 0 amide bonds. The molecule has 0 atom stereocenters. The van der Waals surface area contributed by atoms with Crippen LogP contribution in [0.4, 0.5) is 10.1 Å². The van der Waals surface area contributed by atoms with Gasteiger partial charge in [-0.2, -0.15) is 0 Å². The summed E-state index contributed by atoms with van der Waals surface area (Å²) in [5, 5.41) is 1.08. The highest BCUT2D eigenvalue weighted by atomic mass is 35.5. The van der Waals surface area contributed by atoms with Crippen LogP contribution in [0.1, 0.15) is 0 Å². The van der Waals surface area contributed by atoms with E-state index in [-0.39, 0.29) is 10.7 Å². The number of H-pyrrole nitrogens is 1. The molecule has 0 fully saturated rings. The summed E-state index contributed by atoms with van der Waals surface area (Å²) in [6, 6.07) is 14.9. The highest BCUT2D eigenvalue weighted by Gasteiger charge is 2.21. The molecule has 4 rings (SSSR count). The maximum absolute atomic E-state index is 14.3. The fraction of sp³-hybridized carbons (Fsp3) is 0. The summed E-state index contributed by atoms with van der Waals surface area (Å²) in [6.45, 7) is 0. The van der Waals surface area contributed by atoms with E-state index >= 15 is 0 Å². The van der Waals surface area contributed by atoms with Crippen LogP contribution in [0.25, 0.3) is 20.5 Å². The second-order valence-corrected chi connectivity index (χ2v) is 9.13. The monoisotopic (exact) mass is 434 g/mol. The van der Waals surface area contributed by atoms with Crippen LogP contribution in [0, 0.1) is 5.82 Å². The average molecular weight is 435 g/mol. The summed E-state index contributed by atoms with van der Waals surface area (Å²) in [5.74, 6) is -0.758. The molecule has 2 N–H and O–H groups in total. The van der Waals surface area contributed by atoms with Crippen LogP contribution in [0.15, 0.2) is 70.5 Å². The van der Waals surface area contributed by atoms with Gasteiger partial charge in [0.25, 0.3) is 15.6 Å². The Labute approximate surface area is 168 Å². The molecule has 2 aromatic carbocycles. The van der Waals surface area contributed by atoms with Crippen molar-refractivity contribution in [2.75, 3.05) is 4.72 Å². The van der Waals surface area contributed by atoms with Gasteiger partial charge in [-0.3, -0.25) is 9.52 Å². The Morgan fingerprint density at radius 2 is 1.86 bits per heavy atom. The lowest BCUT2D eigenvalue weighted by atomic mass is 10.1. The lowest BCUT2D eigenvalue weighted by Gasteiger charge is -2.10. The molecular weight excluding hydrogens is 423 g/mol. The first kappa shape index (κ1) is 18.7. The molecule has 0 aliphatic rings. The van der Waals surface area contributed by atoms with E-state index in [1.54, 1.807) is 6.07 Å². The third-order valence-corrected chi connectivity index (χ3v) is 6.80. The highest BCUT2D eigenvalue weighted by Crippen LogP contribution is 2.35. The number of hydrogen-bond acceptors (Lipinski definition) is 4. The largest absolute Gasteiger partial charge is 0.326 e. The number of nitrogens with one attached hydrogen (secondary N) is 2. The van der Waals surface area contributed by atoms with Gasteiger partial charge in [0.2, 0.25) is 0 Å². The molecule has 9 heteroatoms. The van der Waals surface area contributed by atoms with Crippen LogP contribution >= 0.6 is 22.9 Å². The van der Waals surface area contributed by atoms with Crippen molar-refractivity contribution < 1.29 is 12.8 Å². The Hall–Kier alpha value is -2.68. The topological polar surface area (TPSA) is 79.0 Å². The van der Waals surface area contributed by atoms with E-state index < -0.39 is 26.3 Å². The smallest absolute Gasteiger partial charge is 0.268 e. The third kappa shape index (κ3) is 3.54. The first-order chi connectivity index (χ1) is 13.3. The summed E-state index contributed by atoms with van der Waals surface area (Å²) in [5.41, 5.74) is -0.451. The van der Waals surface area contributed by atoms with Gasteiger partial charge in [-0.25, -0.2) is 12.8 Å². The van der Waals surface area contributed by atoms with Crippen LogP contribution in [-0.4, -0.2) is 13.4 Å². The Morgan fingerprint density at radius 3 is 2.64 bits per heavy atom. The number of rotatable bonds is 4. The maximum Gasteiger partial charge on any atom is 0.268 e. The summed E-state index contributed by atoms with van der Waals surface area (Å²) in [4.78, 5) is 14.4. The predicted molar refractivity (Wildman–Crippen MR) is 110 cm³/mol. The molecule has 0 saturated carbocycles. The van der Waals surface area contributed by atoms with E-state index in [0.29, 0.717) is 5.56 Å². The molecule has 4 aromatic rings. The SMILES string of the molecule is O=c1[nH]cc(Cl)cc1S(=O)(=O)Nc1cc(-c2cc3ccccc3s2)ccc1F. The fourth-order valence-electron chi connectivity index (χ4n) is 2.72. The normalized spacial score (nSPS) is 11.6. The Morgan fingerprint density at radius 1 is 1.07 bits per heavy atom. The van der Waals surface area contributed by atoms with Gasteiger partial charge in [0.15, 0.2) is 4.90 Å². The first-order valence-electron chi connectivity index (χ1n) is 8.03. The van der Waals surface area contributed by atoms with E-state index in [1.807, 2.05) is 30.3 Å². The molecule has 2 heterocycles. The number of sulfonamides is 1. The number of benzene rings is 2. The van der Waals surface area contributed by atoms with E-state index in [0.717, 1.165) is 21.0 Å². The van der Waals surface area contributed by atoms with Gasteiger partial charge < -0.3 is 4.98 Å². The molecule has 0 aliphatic carbocycles. The minimum Gasteiger partial charge on any atom is -0.326 e. The van der Waals surface area contributed by atoms with E-state index in [1.165, 1.54) is 29.7 Å². The molecule has 0 aliphatic heterocycles. The van der Waals surface area contributed by atoms with E-state index in [4.69, 9.17) is 11.6 Å². The molecule has 0 radical (unpaired) electrons. The molecular formula is C19H12ClFN2O3S2. The molecule has 0 saturated heterocycles. The van der Waals surface area contributed by atoms with Crippen LogP contribution in [-0.2, 0) is 10.0 Å². The highest BCUT2D eigenvalue weighted by molar-refractivity contribution is 7.92. The molecule has 142 valence electrons. The number of pyridine rings is 1. The number of aromatic amines is 1. The van der Waals surface area contributed by atoms with Gasteiger partial charge in [0, 0.05) is 15.8 Å². The molecule has 0 spiro atoms. The van der Waals surface area contributed by atoms with E-state index in [2.05, 4.69) is 9.71 Å². The van der Waals surface area contributed by atoms with Gasteiger partial charge in [-0.15, -0.1) is 11.3 Å². The second kappa shape index (κ2) is 7.05. The van der Waals surface area contributed by atoms with Gasteiger partial charge in [0.05, 0.1) is 10.7 Å². The molecule has 2 aromatic heterocycles. The molecule has 28 heavy (non-hydrogen) atoms. The second-order valence-electron chi connectivity index (χ2n) is 5.96. The lowest BCUT2D eigenvalue weighted by Crippen LogP contribution is -2.23. The van der Waals surface area contributed by atoms with Crippen LogP contribution in [0.2, 0.25) is 5.02 Å². The van der Waals surface area contributed by atoms with Gasteiger partial charge in [-0.1, -0.05) is 35.9 Å².